The van der Waals surface area contributed by atoms with Gasteiger partial charge in [-0.25, -0.2) is 4.98 Å². The number of hydrogen-bond donors (Lipinski definition) is 0. The van der Waals surface area contributed by atoms with Gasteiger partial charge in [-0.3, -0.25) is 0 Å². The Morgan fingerprint density at radius 2 is 2.00 bits per heavy atom. The van der Waals surface area contributed by atoms with Crippen molar-refractivity contribution in [2.24, 2.45) is 0 Å². The fourth-order valence-electron chi connectivity index (χ4n) is 2.33. The minimum atomic E-state index is 0.815. The van der Waals surface area contributed by atoms with Crippen LogP contribution in [0.1, 0.15) is 19.0 Å². The lowest BCUT2D eigenvalue weighted by Crippen LogP contribution is -2.33. The summed E-state index contributed by atoms with van der Waals surface area (Å²) in [5.41, 5.74) is 2.25. The van der Waals surface area contributed by atoms with Crippen molar-refractivity contribution in [1.82, 2.24) is 14.3 Å². The Morgan fingerprint density at radius 1 is 1.20 bits per heavy atom. The van der Waals surface area contributed by atoms with E-state index in [-0.39, 0.29) is 0 Å². The van der Waals surface area contributed by atoms with Crippen molar-refractivity contribution < 1.29 is 0 Å². The van der Waals surface area contributed by atoms with Crippen LogP contribution >= 0.6 is 15.9 Å². The molecule has 0 radical (unpaired) electrons. The number of fused-ring (bicyclic) bond motifs is 1. The molecule has 5 heteroatoms. The Morgan fingerprint density at radius 3 is 2.65 bits per heavy atom. The smallest absolute Gasteiger partial charge is 0.152 e. The maximum Gasteiger partial charge on any atom is 0.152 e. The zero-order valence-corrected chi connectivity index (χ0v) is 14.1. The maximum absolute atomic E-state index is 4.82. The fourth-order valence-corrected chi connectivity index (χ4v) is 2.85. The first-order chi connectivity index (χ1) is 9.67. The van der Waals surface area contributed by atoms with Crippen LogP contribution < -0.4 is 4.90 Å². The Bertz CT molecular complexity index is 550. The Kier molecular flexibility index (Phi) is 5.43. The Hall–Kier alpha value is -1.07. The molecule has 0 saturated carbocycles. The van der Waals surface area contributed by atoms with Gasteiger partial charge in [0.25, 0.3) is 0 Å². The third-order valence-electron chi connectivity index (χ3n) is 3.34. The number of anilines is 1. The number of imidazole rings is 1. The van der Waals surface area contributed by atoms with Crippen molar-refractivity contribution in [2.75, 3.05) is 38.6 Å². The third-order valence-corrected chi connectivity index (χ3v) is 3.88. The van der Waals surface area contributed by atoms with Gasteiger partial charge >= 0.3 is 0 Å². The highest BCUT2D eigenvalue weighted by molar-refractivity contribution is 9.08. The lowest BCUT2D eigenvalue weighted by atomic mass is 10.3. The van der Waals surface area contributed by atoms with Gasteiger partial charge in [-0.15, -0.1) is 0 Å². The first-order valence-corrected chi connectivity index (χ1v) is 8.21. The van der Waals surface area contributed by atoms with Crippen LogP contribution in [0.15, 0.2) is 24.4 Å². The molecule has 0 saturated heterocycles. The van der Waals surface area contributed by atoms with Gasteiger partial charge in [0.1, 0.15) is 5.65 Å². The second-order valence-electron chi connectivity index (χ2n) is 5.23. The number of halogens is 1. The molecule has 0 spiro atoms. The standard InChI is InChI=1S/C15H23BrN4/c1-4-8-19(11-10-18(2)3)15-13(12-16)20-9-6-5-7-14(20)17-15/h5-7,9H,4,8,10-12H2,1-3H3. The highest BCUT2D eigenvalue weighted by atomic mass is 79.9. The zero-order chi connectivity index (χ0) is 14.5. The average molecular weight is 339 g/mol. The molecule has 2 aromatic rings. The lowest BCUT2D eigenvalue weighted by Gasteiger charge is -2.24. The summed E-state index contributed by atoms with van der Waals surface area (Å²) in [5, 5.41) is 0.815. The van der Waals surface area contributed by atoms with Crippen LogP contribution in [-0.2, 0) is 5.33 Å². The van der Waals surface area contributed by atoms with Gasteiger partial charge in [0, 0.05) is 31.2 Å². The normalized spacial score (nSPS) is 11.4. The molecular formula is C15H23BrN4. The molecule has 2 heterocycles. The predicted octanol–water partition coefficient (Wildman–Crippen LogP) is 3.01. The van der Waals surface area contributed by atoms with E-state index in [0.29, 0.717) is 0 Å². The summed E-state index contributed by atoms with van der Waals surface area (Å²) in [6.45, 7) is 5.30. The molecule has 0 amide bonds. The number of aromatic nitrogens is 2. The van der Waals surface area contributed by atoms with Crippen molar-refractivity contribution in [3.05, 3.63) is 30.1 Å². The highest BCUT2D eigenvalue weighted by Crippen LogP contribution is 2.24. The first-order valence-electron chi connectivity index (χ1n) is 7.09. The van der Waals surface area contributed by atoms with Gasteiger partial charge in [0.15, 0.2) is 5.82 Å². The average Bonchev–Trinajstić information content (AvgIpc) is 2.81. The molecule has 110 valence electrons. The monoisotopic (exact) mass is 338 g/mol. The molecule has 0 aliphatic heterocycles. The molecule has 0 atom stereocenters. The molecule has 2 aromatic heterocycles. The number of hydrogen-bond acceptors (Lipinski definition) is 3. The molecular weight excluding hydrogens is 316 g/mol. The molecule has 0 N–H and O–H groups in total. The van der Waals surface area contributed by atoms with Crippen LogP contribution in [0.5, 0.6) is 0 Å². The van der Waals surface area contributed by atoms with Crippen LogP contribution in [0.25, 0.3) is 5.65 Å². The Balaban J connectivity index is 2.36. The number of pyridine rings is 1. The predicted molar refractivity (Wildman–Crippen MR) is 88.9 cm³/mol. The van der Waals surface area contributed by atoms with Gasteiger partial charge in [-0.1, -0.05) is 28.9 Å². The number of alkyl halides is 1. The Labute approximate surface area is 129 Å². The zero-order valence-electron chi connectivity index (χ0n) is 12.5. The summed E-state index contributed by atoms with van der Waals surface area (Å²) in [7, 11) is 4.22. The van der Waals surface area contributed by atoms with E-state index < -0.39 is 0 Å². The molecule has 0 unspecified atom stereocenters. The van der Waals surface area contributed by atoms with Crippen molar-refractivity contribution in [3.63, 3.8) is 0 Å². The second-order valence-corrected chi connectivity index (χ2v) is 5.80. The van der Waals surface area contributed by atoms with E-state index >= 15 is 0 Å². The number of rotatable bonds is 7. The van der Waals surface area contributed by atoms with Crippen LogP contribution in [0, 0.1) is 0 Å². The molecule has 0 aliphatic carbocycles. The van der Waals surface area contributed by atoms with E-state index in [4.69, 9.17) is 4.98 Å². The van der Waals surface area contributed by atoms with E-state index in [1.165, 1.54) is 5.69 Å². The van der Waals surface area contributed by atoms with Crippen molar-refractivity contribution in [2.45, 2.75) is 18.7 Å². The van der Waals surface area contributed by atoms with E-state index in [2.05, 4.69) is 69.5 Å². The van der Waals surface area contributed by atoms with E-state index in [1.54, 1.807) is 0 Å². The van der Waals surface area contributed by atoms with Crippen LogP contribution in [0.2, 0.25) is 0 Å². The van der Waals surface area contributed by atoms with Gasteiger partial charge < -0.3 is 14.2 Å². The third kappa shape index (κ3) is 3.33. The van der Waals surface area contributed by atoms with Crippen molar-refractivity contribution in [1.29, 1.82) is 0 Å². The SMILES string of the molecule is CCCN(CCN(C)C)c1nc2ccccn2c1CBr. The summed E-state index contributed by atoms with van der Waals surface area (Å²) in [6, 6.07) is 6.15. The highest BCUT2D eigenvalue weighted by Gasteiger charge is 2.16. The molecule has 2 rings (SSSR count). The van der Waals surface area contributed by atoms with Crippen molar-refractivity contribution in [3.8, 4) is 0 Å². The molecule has 0 fully saturated rings. The summed E-state index contributed by atoms with van der Waals surface area (Å²) in [5.74, 6) is 1.11. The van der Waals surface area contributed by atoms with Gasteiger partial charge in [-0.2, -0.15) is 0 Å². The number of nitrogens with zero attached hydrogens (tertiary/aromatic N) is 4. The van der Waals surface area contributed by atoms with E-state index in [0.717, 1.165) is 42.9 Å². The lowest BCUT2D eigenvalue weighted by molar-refractivity contribution is 0.412. The van der Waals surface area contributed by atoms with E-state index in [9.17, 15) is 0 Å². The summed E-state index contributed by atoms with van der Waals surface area (Å²) in [4.78, 5) is 9.43. The number of likely N-dealkylation sites (N-methyl/N-ethyl adjacent to an activating group) is 1. The molecule has 0 aliphatic rings. The molecule has 0 aromatic carbocycles. The van der Waals surface area contributed by atoms with E-state index in [1.807, 2.05) is 6.07 Å². The second kappa shape index (κ2) is 7.09. The largest absolute Gasteiger partial charge is 0.354 e. The molecule has 0 bridgehead atoms. The molecule has 20 heavy (non-hydrogen) atoms. The van der Waals surface area contributed by atoms with Crippen LogP contribution in [0.3, 0.4) is 0 Å². The minimum absolute atomic E-state index is 0.815. The first kappa shape index (κ1) is 15.3. The van der Waals surface area contributed by atoms with Gasteiger partial charge in [-0.05, 0) is 32.6 Å². The van der Waals surface area contributed by atoms with Crippen LogP contribution in [-0.4, -0.2) is 48.0 Å². The maximum atomic E-state index is 4.82. The fraction of sp³-hybridized carbons (Fsp3) is 0.533. The topological polar surface area (TPSA) is 23.8 Å². The minimum Gasteiger partial charge on any atom is -0.354 e. The summed E-state index contributed by atoms with van der Waals surface area (Å²) >= 11 is 3.61. The van der Waals surface area contributed by atoms with Gasteiger partial charge in [0.2, 0.25) is 0 Å². The van der Waals surface area contributed by atoms with Crippen LogP contribution in [0.4, 0.5) is 5.82 Å². The summed E-state index contributed by atoms with van der Waals surface area (Å²) in [6.07, 6.45) is 3.21. The van der Waals surface area contributed by atoms with Crippen molar-refractivity contribution >= 4 is 27.4 Å². The van der Waals surface area contributed by atoms with Gasteiger partial charge in [0.05, 0.1) is 5.69 Å². The quantitative estimate of drug-likeness (QED) is 0.725. The molecule has 4 nitrogen and oxygen atoms in total. The summed E-state index contributed by atoms with van der Waals surface area (Å²) < 4.78 is 2.17.